The summed E-state index contributed by atoms with van der Waals surface area (Å²) in [6.07, 6.45) is 2.77. The maximum absolute atomic E-state index is 14.2. The number of alkyl halides is 1. The summed E-state index contributed by atoms with van der Waals surface area (Å²) >= 11 is 0. The third-order valence-electron chi connectivity index (χ3n) is 5.28. The number of aromatic hydroxyl groups is 1. The van der Waals surface area contributed by atoms with Crippen molar-refractivity contribution in [3.63, 3.8) is 0 Å². The van der Waals surface area contributed by atoms with Crippen molar-refractivity contribution in [2.24, 2.45) is 5.92 Å². The molecule has 2 aromatic heterocycles. The first kappa shape index (κ1) is 16.2. The number of phenols is 1. The van der Waals surface area contributed by atoms with Crippen molar-refractivity contribution in [3.05, 3.63) is 48.8 Å². The van der Waals surface area contributed by atoms with E-state index in [1.165, 1.54) is 0 Å². The van der Waals surface area contributed by atoms with Crippen molar-refractivity contribution >= 4 is 0 Å². The number of aromatic nitrogens is 4. The van der Waals surface area contributed by atoms with E-state index in [1.54, 1.807) is 41.3 Å². The molecule has 1 saturated carbocycles. The maximum atomic E-state index is 14.2. The van der Waals surface area contributed by atoms with Crippen molar-refractivity contribution in [2.45, 2.75) is 24.7 Å². The minimum absolute atomic E-state index is 0.0777. The van der Waals surface area contributed by atoms with Crippen LogP contribution < -0.4 is 10.1 Å². The highest BCUT2D eigenvalue weighted by molar-refractivity contribution is 5.68. The monoisotopic (exact) mass is 367 g/mol. The standard InChI is InChI=1S/C19H18FN5O2/c20-18-15-8-11(10-21-15)19(18)27-17-5-4-14(23-24-17)13-3-2-12(9-16(13)26)25-7-1-6-22-25/h1-7,9,11,15,18-19,21,26H,8,10H2/t11?,15?,18-,19+/m1/s1. The lowest BCUT2D eigenvalue weighted by atomic mass is 10.1. The van der Waals surface area contributed by atoms with Crippen LogP contribution in [0.1, 0.15) is 6.42 Å². The molecular formula is C19H18FN5O2. The molecule has 2 fully saturated rings. The van der Waals surface area contributed by atoms with Gasteiger partial charge in [-0.1, -0.05) is 0 Å². The zero-order valence-corrected chi connectivity index (χ0v) is 14.4. The van der Waals surface area contributed by atoms with Crippen LogP contribution in [0.15, 0.2) is 48.8 Å². The van der Waals surface area contributed by atoms with Crippen LogP contribution in [0.2, 0.25) is 0 Å². The van der Waals surface area contributed by atoms with Gasteiger partial charge in [0, 0.05) is 48.6 Å². The molecule has 4 atom stereocenters. The number of piperidine rings is 1. The van der Waals surface area contributed by atoms with Crippen molar-refractivity contribution in [1.29, 1.82) is 0 Å². The Balaban J connectivity index is 1.34. The average molecular weight is 367 g/mol. The number of halogens is 1. The largest absolute Gasteiger partial charge is 0.507 e. The number of ether oxygens (including phenoxy) is 1. The molecular weight excluding hydrogens is 349 g/mol. The molecule has 1 aliphatic heterocycles. The van der Waals surface area contributed by atoms with Gasteiger partial charge in [0.25, 0.3) is 0 Å². The molecule has 0 amide bonds. The molecule has 1 saturated heterocycles. The minimum atomic E-state index is -1.02. The Morgan fingerprint density at radius 1 is 1.22 bits per heavy atom. The number of rotatable bonds is 4. The first-order valence-corrected chi connectivity index (χ1v) is 8.90. The second-order valence-electron chi connectivity index (χ2n) is 6.95. The van der Waals surface area contributed by atoms with E-state index in [9.17, 15) is 9.50 Å². The Labute approximate surface area is 154 Å². The number of nitrogens with zero attached hydrogens (tertiary/aromatic N) is 4. The third-order valence-corrected chi connectivity index (χ3v) is 5.28. The fourth-order valence-electron chi connectivity index (χ4n) is 3.91. The molecule has 3 heterocycles. The summed E-state index contributed by atoms with van der Waals surface area (Å²) in [6.45, 7) is 0.776. The molecule has 27 heavy (non-hydrogen) atoms. The lowest BCUT2D eigenvalue weighted by Gasteiger charge is -2.26. The molecule has 7 nitrogen and oxygen atoms in total. The number of nitrogens with one attached hydrogen (secondary N) is 1. The summed E-state index contributed by atoms with van der Waals surface area (Å²) in [6, 6.07) is 10.3. The smallest absolute Gasteiger partial charge is 0.233 e. The van der Waals surface area contributed by atoms with Crippen molar-refractivity contribution < 1.29 is 14.2 Å². The van der Waals surface area contributed by atoms with E-state index in [0.717, 1.165) is 18.7 Å². The van der Waals surface area contributed by atoms with E-state index in [2.05, 4.69) is 20.6 Å². The molecule has 1 aliphatic carbocycles. The highest BCUT2D eigenvalue weighted by atomic mass is 19.1. The predicted molar refractivity (Wildman–Crippen MR) is 95.5 cm³/mol. The Morgan fingerprint density at radius 3 is 2.81 bits per heavy atom. The number of hydrogen-bond donors (Lipinski definition) is 2. The van der Waals surface area contributed by atoms with Gasteiger partial charge in [-0.15, -0.1) is 10.2 Å². The van der Waals surface area contributed by atoms with Gasteiger partial charge < -0.3 is 15.2 Å². The number of phenolic OH excluding ortho intramolecular Hbond substituents is 1. The number of benzene rings is 1. The molecule has 1 aromatic carbocycles. The third kappa shape index (κ3) is 2.82. The predicted octanol–water partition coefficient (Wildman–Crippen LogP) is 2.11. The van der Waals surface area contributed by atoms with E-state index in [-0.39, 0.29) is 17.7 Å². The molecule has 2 aliphatic rings. The van der Waals surface area contributed by atoms with Gasteiger partial charge in [0.1, 0.15) is 11.9 Å². The molecule has 3 aromatic rings. The Hall–Kier alpha value is -3.00. The molecule has 0 radical (unpaired) electrons. The maximum Gasteiger partial charge on any atom is 0.233 e. The van der Waals surface area contributed by atoms with Gasteiger partial charge in [-0.05, 0) is 30.7 Å². The first-order chi connectivity index (χ1) is 13.2. The highest BCUT2D eigenvalue weighted by Crippen LogP contribution is 2.36. The van der Waals surface area contributed by atoms with E-state index < -0.39 is 12.3 Å². The van der Waals surface area contributed by atoms with Crippen LogP contribution in [-0.2, 0) is 0 Å². The summed E-state index contributed by atoms with van der Waals surface area (Å²) in [7, 11) is 0. The Morgan fingerprint density at radius 2 is 2.15 bits per heavy atom. The van der Waals surface area contributed by atoms with Crippen molar-refractivity contribution in [3.8, 4) is 28.6 Å². The second kappa shape index (κ2) is 6.31. The second-order valence-corrected chi connectivity index (χ2v) is 6.95. The van der Waals surface area contributed by atoms with Crippen LogP contribution >= 0.6 is 0 Å². The summed E-state index contributed by atoms with van der Waals surface area (Å²) in [4.78, 5) is 0. The molecule has 0 spiro atoms. The summed E-state index contributed by atoms with van der Waals surface area (Å²) < 4.78 is 21.6. The number of fused-ring (bicyclic) bond motifs is 2. The number of hydrogen-bond acceptors (Lipinski definition) is 6. The van der Waals surface area contributed by atoms with Crippen LogP contribution in [-0.4, -0.2) is 49.9 Å². The summed E-state index contributed by atoms with van der Waals surface area (Å²) in [5, 5.41) is 25.8. The van der Waals surface area contributed by atoms with Crippen LogP contribution in [0.4, 0.5) is 4.39 Å². The molecule has 2 unspecified atom stereocenters. The van der Waals surface area contributed by atoms with Crippen molar-refractivity contribution in [2.75, 3.05) is 6.54 Å². The van der Waals surface area contributed by atoms with E-state index >= 15 is 0 Å². The summed E-state index contributed by atoms with van der Waals surface area (Å²) in [5.74, 6) is 0.547. The van der Waals surface area contributed by atoms with Gasteiger partial charge in [-0.25, -0.2) is 9.07 Å². The SMILES string of the molecule is Oc1cc(-n2cccn2)ccc1-c1ccc(O[C@H]2C3CNC(C3)[C@H]2F)nn1. The van der Waals surface area contributed by atoms with Crippen molar-refractivity contribution in [1.82, 2.24) is 25.3 Å². The van der Waals surface area contributed by atoms with Crippen LogP contribution in [0.3, 0.4) is 0 Å². The molecule has 8 heteroatoms. The zero-order valence-electron chi connectivity index (χ0n) is 14.4. The average Bonchev–Trinajstić information content (AvgIpc) is 3.42. The van der Waals surface area contributed by atoms with Gasteiger partial charge in [-0.2, -0.15) is 5.10 Å². The Bertz CT molecular complexity index is 945. The van der Waals surface area contributed by atoms with Gasteiger partial charge in [0.2, 0.25) is 5.88 Å². The Kier molecular flexibility index (Phi) is 3.78. The highest BCUT2D eigenvalue weighted by Gasteiger charge is 2.50. The zero-order chi connectivity index (χ0) is 18.4. The van der Waals surface area contributed by atoms with Gasteiger partial charge in [0.15, 0.2) is 6.17 Å². The fraction of sp³-hybridized carbons (Fsp3) is 0.316. The van der Waals surface area contributed by atoms with E-state index in [0.29, 0.717) is 17.1 Å². The molecule has 2 N–H and O–H groups in total. The minimum Gasteiger partial charge on any atom is -0.507 e. The topological polar surface area (TPSA) is 85.1 Å². The van der Waals surface area contributed by atoms with Crippen LogP contribution in [0.5, 0.6) is 11.6 Å². The van der Waals surface area contributed by atoms with Crippen LogP contribution in [0.25, 0.3) is 16.9 Å². The van der Waals surface area contributed by atoms with Crippen LogP contribution in [0, 0.1) is 5.92 Å². The molecule has 138 valence electrons. The normalized spacial score (nSPS) is 26.4. The molecule has 2 bridgehead atoms. The van der Waals surface area contributed by atoms with Gasteiger partial charge in [-0.3, -0.25) is 0 Å². The van der Waals surface area contributed by atoms with E-state index in [4.69, 9.17) is 4.74 Å². The summed E-state index contributed by atoms with van der Waals surface area (Å²) in [5.41, 5.74) is 1.81. The van der Waals surface area contributed by atoms with E-state index in [1.807, 2.05) is 12.1 Å². The van der Waals surface area contributed by atoms with Gasteiger partial charge in [0.05, 0.1) is 11.4 Å². The lowest BCUT2D eigenvalue weighted by Crippen LogP contribution is -2.46. The molecule has 5 rings (SSSR count). The van der Waals surface area contributed by atoms with Gasteiger partial charge >= 0.3 is 0 Å². The first-order valence-electron chi connectivity index (χ1n) is 8.90. The lowest BCUT2D eigenvalue weighted by molar-refractivity contribution is 0.0615. The fourth-order valence-corrected chi connectivity index (χ4v) is 3.91. The quantitative estimate of drug-likeness (QED) is 0.735.